The summed E-state index contributed by atoms with van der Waals surface area (Å²) >= 11 is 0. The van der Waals surface area contributed by atoms with Crippen molar-refractivity contribution < 1.29 is 9.18 Å². The van der Waals surface area contributed by atoms with Crippen LogP contribution in [0.3, 0.4) is 0 Å². The molecule has 170 valence electrons. The highest BCUT2D eigenvalue weighted by atomic mass is 19.1. The zero-order valence-electron chi connectivity index (χ0n) is 18.3. The van der Waals surface area contributed by atoms with Gasteiger partial charge in [0.25, 0.3) is 5.91 Å². The second-order valence-electron chi connectivity index (χ2n) is 8.91. The number of hydrogen-bond donors (Lipinski definition) is 3. The van der Waals surface area contributed by atoms with Gasteiger partial charge in [0.2, 0.25) is 5.95 Å². The van der Waals surface area contributed by atoms with Gasteiger partial charge in [-0.15, -0.1) is 0 Å². The molecule has 10 heteroatoms. The molecule has 5 aromatic rings. The van der Waals surface area contributed by atoms with Crippen molar-refractivity contribution in [3.63, 3.8) is 0 Å². The molecule has 0 radical (unpaired) electrons. The van der Waals surface area contributed by atoms with Gasteiger partial charge in [0.1, 0.15) is 11.4 Å². The van der Waals surface area contributed by atoms with Gasteiger partial charge in [-0.1, -0.05) is 18.2 Å². The maximum atomic E-state index is 13.9. The summed E-state index contributed by atoms with van der Waals surface area (Å²) in [7, 11) is 0. The van der Waals surface area contributed by atoms with Crippen molar-refractivity contribution in [2.75, 3.05) is 5.32 Å². The zero-order chi connectivity index (χ0) is 23.4. The number of fused-ring (bicyclic) bond motifs is 4. The van der Waals surface area contributed by atoms with Crippen LogP contribution in [0.1, 0.15) is 35.0 Å². The van der Waals surface area contributed by atoms with E-state index < -0.39 is 11.7 Å². The summed E-state index contributed by atoms with van der Waals surface area (Å²) in [6.07, 6.45) is 6.42. The van der Waals surface area contributed by atoms with Gasteiger partial charge in [-0.2, -0.15) is 14.6 Å². The molecule has 34 heavy (non-hydrogen) atoms. The summed E-state index contributed by atoms with van der Waals surface area (Å²) in [5, 5.41) is 9.06. The molecule has 0 aliphatic heterocycles. The lowest BCUT2D eigenvalue weighted by atomic mass is 9.81. The van der Waals surface area contributed by atoms with Crippen LogP contribution in [-0.4, -0.2) is 41.0 Å². The zero-order valence-corrected chi connectivity index (χ0v) is 18.3. The first kappa shape index (κ1) is 20.3. The normalized spacial score (nSPS) is 17.7. The number of amides is 1. The van der Waals surface area contributed by atoms with Gasteiger partial charge in [-0.05, 0) is 43.9 Å². The fraction of sp³-hybridized carbons (Fsp3) is 0.208. The lowest BCUT2D eigenvalue weighted by Gasteiger charge is -2.35. The summed E-state index contributed by atoms with van der Waals surface area (Å²) in [5.74, 6) is -0.555. The van der Waals surface area contributed by atoms with E-state index in [-0.39, 0.29) is 22.6 Å². The number of halogens is 1. The number of hydrogen-bond acceptors (Lipinski definition) is 6. The Morgan fingerprint density at radius 2 is 2.09 bits per heavy atom. The number of rotatable bonds is 4. The lowest BCUT2D eigenvalue weighted by Crippen LogP contribution is -2.41. The van der Waals surface area contributed by atoms with Gasteiger partial charge in [-0.25, -0.2) is 9.37 Å². The minimum absolute atomic E-state index is 0.156. The van der Waals surface area contributed by atoms with Crippen LogP contribution in [0.15, 0.2) is 48.9 Å². The molecular weight excluding hydrogens is 435 g/mol. The second kappa shape index (κ2) is 7.34. The highest BCUT2D eigenvalue weighted by Gasteiger charge is 2.33. The van der Waals surface area contributed by atoms with E-state index in [0.29, 0.717) is 11.5 Å². The van der Waals surface area contributed by atoms with Gasteiger partial charge >= 0.3 is 0 Å². The average Bonchev–Trinajstić information content (AvgIpc) is 3.40. The maximum absolute atomic E-state index is 13.9. The topological polar surface area (TPSA) is 127 Å². The number of nitrogens with zero attached hydrogens (tertiary/aromatic N) is 5. The monoisotopic (exact) mass is 456 g/mol. The summed E-state index contributed by atoms with van der Waals surface area (Å²) in [6.45, 7) is 2.13. The van der Waals surface area contributed by atoms with E-state index in [9.17, 15) is 9.18 Å². The van der Waals surface area contributed by atoms with Crippen molar-refractivity contribution in [2.45, 2.75) is 31.7 Å². The summed E-state index contributed by atoms with van der Waals surface area (Å²) in [6, 6.07) is 9.57. The number of primary amides is 1. The number of aryl methyl sites for hydroxylation is 1. The van der Waals surface area contributed by atoms with Gasteiger partial charge in [0.05, 0.1) is 12.4 Å². The third-order valence-electron chi connectivity index (χ3n) is 6.41. The molecule has 4 aromatic heterocycles. The van der Waals surface area contributed by atoms with E-state index >= 15 is 0 Å². The van der Waals surface area contributed by atoms with Crippen molar-refractivity contribution in [1.82, 2.24) is 29.5 Å². The molecule has 0 saturated heterocycles. The molecule has 1 atom stereocenters. The average molecular weight is 456 g/mol. The third kappa shape index (κ3) is 3.26. The van der Waals surface area contributed by atoms with Gasteiger partial charge in [0.15, 0.2) is 11.5 Å². The number of carbonyl (C=O) groups is 1. The Morgan fingerprint density at radius 3 is 2.91 bits per heavy atom. The van der Waals surface area contributed by atoms with E-state index in [1.807, 2.05) is 12.1 Å². The van der Waals surface area contributed by atoms with Crippen molar-refractivity contribution in [1.29, 1.82) is 0 Å². The fourth-order valence-corrected chi connectivity index (χ4v) is 4.72. The van der Waals surface area contributed by atoms with Crippen LogP contribution in [-0.2, 0) is 12.8 Å². The molecule has 1 aliphatic carbocycles. The minimum atomic E-state index is -0.657. The Kier molecular flexibility index (Phi) is 4.38. The Hall–Kier alpha value is -4.34. The molecule has 0 spiro atoms. The predicted octanol–water partition coefficient (Wildman–Crippen LogP) is 3.27. The Labute approximate surface area is 193 Å². The van der Waals surface area contributed by atoms with Crippen LogP contribution < -0.4 is 11.1 Å². The molecule has 0 saturated carbocycles. The van der Waals surface area contributed by atoms with E-state index in [4.69, 9.17) is 5.73 Å². The molecule has 1 amide bonds. The minimum Gasteiger partial charge on any atom is -0.365 e. The molecule has 1 aromatic carbocycles. The fourth-order valence-electron chi connectivity index (χ4n) is 4.72. The molecule has 4 heterocycles. The summed E-state index contributed by atoms with van der Waals surface area (Å²) < 4.78 is 15.3. The maximum Gasteiger partial charge on any atom is 0.254 e. The number of benzene rings is 1. The van der Waals surface area contributed by atoms with Crippen LogP contribution in [0.5, 0.6) is 0 Å². The number of para-hydroxylation sites is 1. The van der Waals surface area contributed by atoms with Crippen molar-refractivity contribution in [3.8, 4) is 11.4 Å². The van der Waals surface area contributed by atoms with Gasteiger partial charge in [0, 0.05) is 33.9 Å². The molecule has 9 nitrogen and oxygen atoms in total. The smallest absolute Gasteiger partial charge is 0.254 e. The second-order valence-corrected chi connectivity index (χ2v) is 8.91. The number of carbonyl (C=O) groups excluding carboxylic acids is 1. The van der Waals surface area contributed by atoms with Crippen LogP contribution in [0.25, 0.3) is 27.9 Å². The van der Waals surface area contributed by atoms with Crippen LogP contribution in [0.4, 0.5) is 10.3 Å². The van der Waals surface area contributed by atoms with Crippen LogP contribution >= 0.6 is 0 Å². The molecule has 4 N–H and O–H groups in total. The standard InChI is InChI=1S/C24H21FN8O/c1-24(7-6-19-16(9-24)15-4-2-3-5-18(15)29-19)32-23-31-21(13-8-14(25)11-27-10-13)30-22-17(20(26)34)12-28-33(22)23/h2-5,8,10-12,29H,6-7,9H2,1H3,(H2,26,34)(H,30,31,32)/t24-/m0/s1. The predicted molar refractivity (Wildman–Crippen MR) is 125 cm³/mol. The Morgan fingerprint density at radius 1 is 1.24 bits per heavy atom. The van der Waals surface area contributed by atoms with E-state index in [2.05, 4.69) is 49.4 Å². The van der Waals surface area contributed by atoms with Gasteiger partial charge < -0.3 is 16.0 Å². The molecule has 0 fully saturated rings. The number of nitrogens with two attached hydrogens (primary N) is 1. The summed E-state index contributed by atoms with van der Waals surface area (Å²) in [5.41, 5.74) is 9.62. The van der Waals surface area contributed by atoms with Gasteiger partial charge in [-0.3, -0.25) is 9.78 Å². The molecule has 0 unspecified atom stereocenters. The largest absolute Gasteiger partial charge is 0.365 e. The Balaban J connectivity index is 1.46. The molecule has 1 aliphatic rings. The molecule has 0 bridgehead atoms. The summed E-state index contributed by atoms with van der Waals surface area (Å²) in [4.78, 5) is 28.5. The Bertz CT molecular complexity index is 1590. The highest BCUT2D eigenvalue weighted by Crippen LogP contribution is 2.35. The number of H-pyrrole nitrogens is 1. The molecule has 6 rings (SSSR count). The number of aromatic amines is 1. The van der Waals surface area contributed by atoms with Crippen LogP contribution in [0.2, 0.25) is 0 Å². The third-order valence-corrected chi connectivity index (χ3v) is 6.41. The first-order valence-electron chi connectivity index (χ1n) is 10.9. The van der Waals surface area contributed by atoms with Crippen LogP contribution in [0, 0.1) is 5.82 Å². The van der Waals surface area contributed by atoms with Crippen molar-refractivity contribution >= 4 is 28.4 Å². The van der Waals surface area contributed by atoms with E-state index in [1.165, 1.54) is 39.6 Å². The first-order valence-corrected chi connectivity index (χ1v) is 10.9. The number of nitrogens with one attached hydrogen (secondary N) is 2. The number of pyridine rings is 1. The molecular formula is C24H21FN8O. The highest BCUT2D eigenvalue weighted by molar-refractivity contribution is 5.98. The van der Waals surface area contributed by atoms with Crippen molar-refractivity contribution in [3.05, 3.63) is 71.6 Å². The first-order chi connectivity index (χ1) is 16.4. The van der Waals surface area contributed by atoms with Crippen molar-refractivity contribution in [2.24, 2.45) is 5.73 Å². The van der Waals surface area contributed by atoms with E-state index in [1.54, 1.807) is 0 Å². The lowest BCUT2D eigenvalue weighted by molar-refractivity contribution is 0.100. The SMILES string of the molecule is C[C@]1(Nc2nc(-c3cncc(F)c3)nc3c(C(N)=O)cnn23)CCc2[nH]c3ccccc3c2C1. The number of aromatic nitrogens is 6. The quantitative estimate of drug-likeness (QED) is 0.381. The van der Waals surface area contributed by atoms with E-state index in [0.717, 1.165) is 31.0 Å². The number of anilines is 1.